The van der Waals surface area contributed by atoms with Crippen LogP contribution in [-0.2, 0) is 51.9 Å². The third kappa shape index (κ3) is 13.6. The zero-order valence-corrected chi connectivity index (χ0v) is 45.9. The van der Waals surface area contributed by atoms with Crippen LogP contribution in [0.3, 0.4) is 0 Å². The van der Waals surface area contributed by atoms with Gasteiger partial charge >= 0.3 is 5.69 Å². The molecule has 2 aliphatic rings. The van der Waals surface area contributed by atoms with Gasteiger partial charge in [0.1, 0.15) is 48.5 Å². The first-order valence-electron chi connectivity index (χ1n) is 26.2. The number of allylic oxidation sites excluding steroid dienone is 1. The van der Waals surface area contributed by atoms with E-state index in [2.05, 4.69) is 21.3 Å². The second kappa shape index (κ2) is 25.3. The first-order valence-corrected chi connectivity index (χ1v) is 26.2. The number of nitro groups is 1. The molecule has 10 atom stereocenters. The van der Waals surface area contributed by atoms with Gasteiger partial charge in [-0.1, -0.05) is 78.0 Å². The number of hydrogen-bond acceptors (Lipinski definition) is 12. The molecule has 0 radical (unpaired) electrons. The summed E-state index contributed by atoms with van der Waals surface area (Å²) < 4.78 is 1.93. The summed E-state index contributed by atoms with van der Waals surface area (Å²) in [5, 5.41) is 57.0. The Morgan fingerprint density at radius 1 is 0.789 bits per heavy atom. The fourth-order valence-electron chi connectivity index (χ4n) is 10.3. The average molecular weight is 1060 g/mol. The summed E-state index contributed by atoms with van der Waals surface area (Å²) in [5.41, 5.74) is 0.00562. The summed E-state index contributed by atoms with van der Waals surface area (Å²) in [6.45, 7) is 17.7. The lowest BCUT2D eigenvalue weighted by molar-refractivity contribution is -0.385. The Balaban J connectivity index is 1.73. The number of rotatable bonds is 14. The maximum atomic E-state index is 15.4. The molecule has 76 heavy (non-hydrogen) atoms. The highest BCUT2D eigenvalue weighted by Crippen LogP contribution is 2.34. The van der Waals surface area contributed by atoms with Crippen LogP contribution in [0.15, 0.2) is 60.8 Å². The van der Waals surface area contributed by atoms with Crippen LogP contribution in [0.1, 0.15) is 112 Å². The molecular weight excluding hydrogens is 979 g/mol. The average Bonchev–Trinajstić information content (AvgIpc) is 3.74. The number of likely N-dealkylation sites (N-methyl/N-ethyl adjacent to an activating group) is 2. The molecule has 1 aromatic heterocycles. The van der Waals surface area contributed by atoms with Gasteiger partial charge < -0.3 is 55.9 Å². The highest BCUT2D eigenvalue weighted by Gasteiger charge is 2.48. The molecule has 3 heterocycles. The zero-order chi connectivity index (χ0) is 56.7. The molecule has 2 aliphatic heterocycles. The molecule has 0 unspecified atom stereocenters. The number of nitro benzene ring substituents is 1. The van der Waals surface area contributed by atoms with E-state index < -0.39 is 124 Å². The predicted octanol–water partition coefficient (Wildman–Crippen LogP) is 3.79. The highest BCUT2D eigenvalue weighted by atomic mass is 16.6. The molecule has 7 N–H and O–H groups in total. The van der Waals surface area contributed by atoms with Crippen molar-refractivity contribution in [3.05, 3.63) is 82.1 Å². The normalized spacial score (nSPS) is 25.7. The van der Waals surface area contributed by atoms with Crippen LogP contribution in [0.2, 0.25) is 0 Å². The van der Waals surface area contributed by atoms with Crippen molar-refractivity contribution in [2.24, 2.45) is 17.8 Å². The fourth-order valence-corrected chi connectivity index (χ4v) is 10.3. The SMILES string of the molecule is C/C=C/C[C@@H]1NC(=O)[C@H](CC(C)C)N2C(=O)[C@H](C[C@@H](C)[C@H]2O)N(C)C(=O)[C@H](C)NC(=O)[C@H](Cc2ccc(O)c([N+](=O)[O-])c2)NC(=O)[C@H](CC(C)C)N(C)C(=O)[C@H](Cc2cn(C(C)(C)[C@H](O)CC)c3ccccc23)NC1=O. The Bertz CT molecular complexity index is 2670. The number of phenolic OH excluding ortho intramolecular Hbond substituents is 1. The molecule has 0 aliphatic carbocycles. The Kier molecular flexibility index (Phi) is 20.0. The predicted molar refractivity (Wildman–Crippen MR) is 285 cm³/mol. The number of para-hydroxylation sites is 1. The van der Waals surface area contributed by atoms with Crippen LogP contribution in [0, 0.1) is 27.9 Å². The van der Waals surface area contributed by atoms with Crippen molar-refractivity contribution in [2.75, 3.05) is 14.1 Å². The number of aromatic nitrogens is 1. The van der Waals surface area contributed by atoms with Crippen LogP contribution in [0.4, 0.5) is 5.69 Å². The zero-order valence-electron chi connectivity index (χ0n) is 45.9. The lowest BCUT2D eigenvalue weighted by Gasteiger charge is -2.46. The molecule has 416 valence electrons. The van der Waals surface area contributed by atoms with Gasteiger partial charge in [-0.25, -0.2) is 0 Å². The maximum absolute atomic E-state index is 15.4. The minimum Gasteiger partial charge on any atom is -0.502 e. The Morgan fingerprint density at radius 3 is 2.00 bits per heavy atom. The molecular formula is C55H79N9O12. The molecule has 2 aromatic carbocycles. The van der Waals surface area contributed by atoms with Crippen molar-refractivity contribution in [1.82, 2.24) is 40.5 Å². The fraction of sp³-hybridized carbons (Fsp3) is 0.582. The number of fused-ring (bicyclic) bond motifs is 3. The minimum absolute atomic E-state index is 0.0183. The minimum atomic E-state index is -1.55. The monoisotopic (exact) mass is 1060 g/mol. The van der Waals surface area contributed by atoms with Gasteiger partial charge in [0.15, 0.2) is 5.75 Å². The second-order valence-corrected chi connectivity index (χ2v) is 21.9. The lowest BCUT2D eigenvalue weighted by Crippen LogP contribution is -2.66. The maximum Gasteiger partial charge on any atom is 0.310 e. The Hall–Kier alpha value is -6.87. The van der Waals surface area contributed by atoms with Crippen LogP contribution >= 0.6 is 0 Å². The number of aromatic hydroxyl groups is 1. The van der Waals surface area contributed by atoms with E-state index in [4.69, 9.17) is 0 Å². The number of amides is 7. The lowest BCUT2D eigenvalue weighted by atomic mass is 9.89. The van der Waals surface area contributed by atoms with E-state index in [0.29, 0.717) is 12.0 Å². The summed E-state index contributed by atoms with van der Waals surface area (Å²) in [4.78, 5) is 118. The first-order chi connectivity index (χ1) is 35.6. The standard InChI is InChI=1S/C55H79N9O12/c1-13-15-19-37-47(67)59-39(28-35-29-62(55(9,10)46(66)14-2)40-20-17-16-18-36(35)40)53(73)60(11)42(23-30(3)4)49(69)58-38(26-34-21-22-45(65)41(27-34)64(75)76)48(68)56-33(8)52(72)61(12)44-25-32(7)51(71)63(54(44)74)43(24-31(5)6)50(70)57-37/h13,15-18,20-22,27,29-33,37-39,42-44,46,51,65-66,71H,14,19,23-26,28H2,1-12H3,(H,56,68)(H,57,70)(H,58,69)(H,59,67)/b15-13+/t32-,33+,37+,38+,39+,42+,43+,44+,46-,51-/m1/s1. The summed E-state index contributed by atoms with van der Waals surface area (Å²) >= 11 is 0. The highest BCUT2D eigenvalue weighted by molar-refractivity contribution is 5.99. The van der Waals surface area contributed by atoms with Gasteiger partial charge in [-0.3, -0.25) is 43.7 Å². The number of benzene rings is 2. The Morgan fingerprint density at radius 2 is 1.38 bits per heavy atom. The first kappa shape index (κ1) is 60.0. The number of aliphatic hydroxyl groups excluding tert-OH is 2. The van der Waals surface area contributed by atoms with E-state index in [0.717, 1.165) is 32.8 Å². The van der Waals surface area contributed by atoms with Gasteiger partial charge in [-0.05, 0) is 94.9 Å². The molecule has 5 rings (SSSR count). The van der Waals surface area contributed by atoms with Crippen molar-refractivity contribution in [3.63, 3.8) is 0 Å². The number of hydrogen-bond donors (Lipinski definition) is 7. The largest absolute Gasteiger partial charge is 0.502 e. The van der Waals surface area contributed by atoms with Gasteiger partial charge in [0.25, 0.3) is 0 Å². The molecule has 2 bridgehead atoms. The second-order valence-electron chi connectivity index (χ2n) is 21.9. The molecule has 21 heteroatoms. The number of carbonyl (C=O) groups is 7. The van der Waals surface area contributed by atoms with E-state index >= 15 is 4.79 Å². The summed E-state index contributed by atoms with van der Waals surface area (Å²) in [6, 6.07) is 1.36. The molecule has 0 saturated carbocycles. The molecule has 2 saturated heterocycles. The van der Waals surface area contributed by atoms with Gasteiger partial charge in [-0.2, -0.15) is 0 Å². The summed E-state index contributed by atoms with van der Waals surface area (Å²) in [7, 11) is 2.76. The smallest absolute Gasteiger partial charge is 0.310 e. The molecule has 2 fully saturated rings. The van der Waals surface area contributed by atoms with Gasteiger partial charge in [0.05, 0.1) is 16.6 Å². The van der Waals surface area contributed by atoms with E-state index in [9.17, 15) is 54.2 Å². The van der Waals surface area contributed by atoms with Crippen molar-refractivity contribution >= 4 is 57.9 Å². The van der Waals surface area contributed by atoms with Crippen molar-refractivity contribution in [2.45, 2.75) is 174 Å². The number of carbonyl (C=O) groups excluding carboxylic acids is 7. The number of nitrogens with one attached hydrogen (secondary N) is 4. The van der Waals surface area contributed by atoms with Gasteiger partial charge in [-0.15, -0.1) is 0 Å². The van der Waals surface area contributed by atoms with Crippen molar-refractivity contribution in [1.29, 1.82) is 0 Å². The third-order valence-electron chi connectivity index (χ3n) is 14.8. The van der Waals surface area contributed by atoms with Crippen LogP contribution in [-0.4, -0.2) is 150 Å². The van der Waals surface area contributed by atoms with Crippen LogP contribution < -0.4 is 21.3 Å². The molecule has 3 aromatic rings. The molecule has 21 nitrogen and oxygen atoms in total. The number of aliphatic hydroxyl groups is 2. The number of phenols is 1. The topological polar surface area (TPSA) is 286 Å². The van der Waals surface area contributed by atoms with Crippen molar-refractivity contribution < 1.29 is 53.8 Å². The Labute approximate surface area is 444 Å². The third-order valence-corrected chi connectivity index (χ3v) is 14.8. The van der Waals surface area contributed by atoms with E-state index in [1.807, 2.05) is 83.5 Å². The van der Waals surface area contributed by atoms with E-state index in [-0.39, 0.29) is 55.9 Å². The summed E-state index contributed by atoms with van der Waals surface area (Å²) in [5.74, 6) is -7.24. The van der Waals surface area contributed by atoms with E-state index in [1.165, 1.54) is 32.0 Å². The van der Waals surface area contributed by atoms with Crippen LogP contribution in [0.5, 0.6) is 5.75 Å². The molecule has 0 spiro atoms. The van der Waals surface area contributed by atoms with E-state index in [1.54, 1.807) is 26.0 Å². The quantitative estimate of drug-likeness (QED) is 0.0690. The van der Waals surface area contributed by atoms with Crippen molar-refractivity contribution in [3.8, 4) is 5.75 Å². The van der Waals surface area contributed by atoms with Crippen LogP contribution in [0.25, 0.3) is 10.9 Å². The number of piperidine rings is 1. The van der Waals surface area contributed by atoms with Gasteiger partial charge in [0.2, 0.25) is 41.4 Å². The van der Waals surface area contributed by atoms with Gasteiger partial charge in [0, 0.05) is 56.0 Å². The summed E-state index contributed by atoms with van der Waals surface area (Å²) in [6.07, 6.45) is 2.83. The number of nitrogens with zero attached hydrogens (tertiary/aromatic N) is 5. The molecule has 7 amide bonds.